The molecule has 0 spiro atoms. The van der Waals surface area contributed by atoms with Gasteiger partial charge in [-0.1, -0.05) is 12.1 Å². The lowest BCUT2D eigenvalue weighted by Crippen LogP contribution is -1.97. The zero-order valence-corrected chi connectivity index (χ0v) is 7.53. The molecule has 0 bridgehead atoms. The minimum atomic E-state index is -0.292. The smallest absolute Gasteiger partial charge is 0.342 e. The molecule has 1 heterocycles. The fourth-order valence-corrected chi connectivity index (χ4v) is 1.56. The first-order valence-corrected chi connectivity index (χ1v) is 4.12. The topological polar surface area (TPSA) is 35.5 Å². The highest BCUT2D eigenvalue weighted by Crippen LogP contribution is 2.35. The molecule has 2 rings (SSSR count). The van der Waals surface area contributed by atoms with Crippen LogP contribution in [0.1, 0.15) is 28.9 Å². The maximum atomic E-state index is 11.4. The molecule has 0 aromatic heterocycles. The van der Waals surface area contributed by atoms with Gasteiger partial charge >= 0.3 is 5.97 Å². The number of rotatable bonds is 1. The van der Waals surface area contributed by atoms with Gasteiger partial charge in [-0.05, 0) is 13.0 Å². The van der Waals surface area contributed by atoms with Gasteiger partial charge in [0.1, 0.15) is 17.4 Å². The van der Waals surface area contributed by atoms with E-state index in [-0.39, 0.29) is 12.1 Å². The summed E-state index contributed by atoms with van der Waals surface area (Å²) in [6, 6.07) is 5.50. The van der Waals surface area contributed by atoms with Crippen molar-refractivity contribution in [3.8, 4) is 5.75 Å². The van der Waals surface area contributed by atoms with Gasteiger partial charge in [0.15, 0.2) is 0 Å². The average molecular weight is 178 g/mol. The van der Waals surface area contributed by atoms with Gasteiger partial charge in [-0.2, -0.15) is 0 Å². The Morgan fingerprint density at radius 1 is 1.46 bits per heavy atom. The normalized spacial score (nSPS) is 19.5. The third-order valence-corrected chi connectivity index (χ3v) is 2.20. The Hall–Kier alpha value is -1.51. The highest BCUT2D eigenvalue weighted by atomic mass is 16.6. The second kappa shape index (κ2) is 2.76. The Morgan fingerprint density at radius 2 is 2.23 bits per heavy atom. The first kappa shape index (κ1) is 8.10. The quantitative estimate of drug-likeness (QED) is 0.616. The van der Waals surface area contributed by atoms with Crippen LogP contribution >= 0.6 is 0 Å². The van der Waals surface area contributed by atoms with Gasteiger partial charge in [0.25, 0.3) is 0 Å². The van der Waals surface area contributed by atoms with Crippen molar-refractivity contribution in [3.63, 3.8) is 0 Å². The molecule has 0 unspecified atom stereocenters. The fourth-order valence-electron chi connectivity index (χ4n) is 1.56. The second-order valence-corrected chi connectivity index (χ2v) is 2.97. The van der Waals surface area contributed by atoms with Crippen LogP contribution in [0, 0.1) is 0 Å². The summed E-state index contributed by atoms with van der Waals surface area (Å²) in [4.78, 5) is 11.4. The Bertz CT molecular complexity index is 357. The number of cyclic esters (lactones) is 1. The summed E-state index contributed by atoms with van der Waals surface area (Å²) in [7, 11) is 1.55. The third-order valence-electron chi connectivity index (χ3n) is 2.20. The fraction of sp³-hybridized carbons (Fsp3) is 0.300. The number of hydrogen-bond acceptors (Lipinski definition) is 3. The molecule has 1 aromatic carbocycles. The predicted octanol–water partition coefficient (Wildman–Crippen LogP) is 1.93. The number of hydrogen-bond donors (Lipinski definition) is 0. The molecule has 0 aliphatic carbocycles. The summed E-state index contributed by atoms with van der Waals surface area (Å²) in [6.07, 6.45) is -0.155. The molecule has 1 aliphatic rings. The van der Waals surface area contributed by atoms with Crippen LogP contribution in [0.4, 0.5) is 0 Å². The zero-order valence-electron chi connectivity index (χ0n) is 7.53. The summed E-state index contributed by atoms with van der Waals surface area (Å²) in [5.74, 6) is 0.298. The molecule has 1 atom stereocenters. The number of esters is 1. The second-order valence-electron chi connectivity index (χ2n) is 2.97. The largest absolute Gasteiger partial charge is 0.496 e. The minimum absolute atomic E-state index is 0.155. The monoisotopic (exact) mass is 178 g/mol. The van der Waals surface area contributed by atoms with Crippen molar-refractivity contribution in [1.82, 2.24) is 0 Å². The Morgan fingerprint density at radius 3 is 2.92 bits per heavy atom. The molecule has 0 amide bonds. The van der Waals surface area contributed by atoms with Gasteiger partial charge in [-0.15, -0.1) is 0 Å². The van der Waals surface area contributed by atoms with E-state index in [0.717, 1.165) is 5.56 Å². The maximum Gasteiger partial charge on any atom is 0.342 e. The maximum absolute atomic E-state index is 11.4. The van der Waals surface area contributed by atoms with Crippen LogP contribution in [0.3, 0.4) is 0 Å². The van der Waals surface area contributed by atoms with Gasteiger partial charge in [0.2, 0.25) is 0 Å². The number of benzene rings is 1. The predicted molar refractivity (Wildman–Crippen MR) is 46.8 cm³/mol. The van der Waals surface area contributed by atoms with Crippen LogP contribution < -0.4 is 4.74 Å². The van der Waals surface area contributed by atoms with E-state index in [9.17, 15) is 4.79 Å². The lowest BCUT2D eigenvalue weighted by molar-refractivity contribution is 0.0420. The number of methoxy groups -OCH3 is 1. The van der Waals surface area contributed by atoms with Crippen molar-refractivity contribution >= 4 is 5.97 Å². The summed E-state index contributed by atoms with van der Waals surface area (Å²) in [5.41, 5.74) is 1.47. The molecule has 3 nitrogen and oxygen atoms in total. The van der Waals surface area contributed by atoms with Crippen LogP contribution in [-0.4, -0.2) is 13.1 Å². The van der Waals surface area contributed by atoms with Crippen molar-refractivity contribution in [2.75, 3.05) is 7.11 Å². The van der Waals surface area contributed by atoms with Crippen LogP contribution in [-0.2, 0) is 4.74 Å². The number of carbonyl (C=O) groups excluding carboxylic acids is 1. The Kier molecular flexibility index (Phi) is 1.72. The van der Waals surface area contributed by atoms with Gasteiger partial charge in [-0.3, -0.25) is 0 Å². The van der Waals surface area contributed by atoms with E-state index in [1.165, 1.54) is 0 Å². The molecule has 0 saturated heterocycles. The van der Waals surface area contributed by atoms with Gasteiger partial charge in [-0.25, -0.2) is 4.79 Å². The zero-order chi connectivity index (χ0) is 9.42. The average Bonchev–Trinajstić information content (AvgIpc) is 2.43. The number of carbonyl (C=O) groups is 1. The van der Waals surface area contributed by atoms with E-state index in [1.807, 2.05) is 19.1 Å². The molecular weight excluding hydrogens is 168 g/mol. The Balaban J connectivity index is 2.62. The van der Waals surface area contributed by atoms with E-state index in [2.05, 4.69) is 0 Å². The summed E-state index contributed by atoms with van der Waals surface area (Å²) in [6.45, 7) is 1.85. The van der Waals surface area contributed by atoms with Crippen LogP contribution in [0.2, 0.25) is 0 Å². The van der Waals surface area contributed by atoms with Crippen molar-refractivity contribution in [3.05, 3.63) is 29.3 Å². The molecule has 0 saturated carbocycles. The van der Waals surface area contributed by atoms with Gasteiger partial charge in [0.05, 0.1) is 7.11 Å². The van der Waals surface area contributed by atoms with Crippen LogP contribution in [0.15, 0.2) is 18.2 Å². The van der Waals surface area contributed by atoms with Crippen molar-refractivity contribution < 1.29 is 14.3 Å². The summed E-state index contributed by atoms with van der Waals surface area (Å²) in [5, 5.41) is 0. The van der Waals surface area contributed by atoms with E-state index in [1.54, 1.807) is 13.2 Å². The van der Waals surface area contributed by atoms with Crippen molar-refractivity contribution in [1.29, 1.82) is 0 Å². The molecule has 68 valence electrons. The molecule has 13 heavy (non-hydrogen) atoms. The first-order valence-electron chi connectivity index (χ1n) is 4.12. The molecule has 0 N–H and O–H groups in total. The highest BCUT2D eigenvalue weighted by Gasteiger charge is 2.30. The molecule has 0 fully saturated rings. The lowest BCUT2D eigenvalue weighted by Gasteiger charge is -2.03. The SMILES string of the molecule is COc1cccc2c1C(=O)O[C@H]2C. The van der Waals surface area contributed by atoms with Crippen LogP contribution in [0.5, 0.6) is 5.75 Å². The van der Waals surface area contributed by atoms with E-state index in [4.69, 9.17) is 9.47 Å². The third kappa shape index (κ3) is 1.08. The van der Waals surface area contributed by atoms with Crippen molar-refractivity contribution in [2.24, 2.45) is 0 Å². The van der Waals surface area contributed by atoms with E-state index in [0.29, 0.717) is 11.3 Å². The Labute approximate surface area is 76.3 Å². The lowest BCUT2D eigenvalue weighted by atomic mass is 10.1. The number of fused-ring (bicyclic) bond motifs is 1. The van der Waals surface area contributed by atoms with E-state index < -0.39 is 0 Å². The molecule has 1 aromatic rings. The van der Waals surface area contributed by atoms with Crippen LogP contribution in [0.25, 0.3) is 0 Å². The molecule has 0 radical (unpaired) electrons. The van der Waals surface area contributed by atoms with Gasteiger partial charge < -0.3 is 9.47 Å². The van der Waals surface area contributed by atoms with Crippen molar-refractivity contribution in [2.45, 2.75) is 13.0 Å². The number of ether oxygens (including phenoxy) is 2. The minimum Gasteiger partial charge on any atom is -0.496 e. The highest BCUT2D eigenvalue weighted by molar-refractivity contribution is 5.96. The van der Waals surface area contributed by atoms with E-state index >= 15 is 0 Å². The molecule has 3 heteroatoms. The molecule has 1 aliphatic heterocycles. The standard InChI is InChI=1S/C10H10O3/c1-6-7-4-3-5-8(12-2)9(7)10(11)13-6/h3-6H,1-2H3/t6-/m0/s1. The summed E-state index contributed by atoms with van der Waals surface area (Å²) < 4.78 is 10.1. The first-order chi connectivity index (χ1) is 6.24. The molecular formula is C10H10O3. The summed E-state index contributed by atoms with van der Waals surface area (Å²) >= 11 is 0. The van der Waals surface area contributed by atoms with Gasteiger partial charge in [0, 0.05) is 5.56 Å².